The topological polar surface area (TPSA) is 67.8 Å². The summed E-state index contributed by atoms with van der Waals surface area (Å²) in [4.78, 5) is 30.7. The van der Waals surface area contributed by atoms with E-state index in [4.69, 9.17) is 0 Å². The summed E-state index contributed by atoms with van der Waals surface area (Å²) in [6.45, 7) is 13.4. The number of halogens is 5. The molecule has 13 heteroatoms. The number of alkyl halides is 3. The minimum Gasteiger partial charge on any atom is -0.367 e. The molecule has 1 N–H and O–H groups in total. The van der Waals surface area contributed by atoms with Crippen molar-refractivity contribution in [1.29, 1.82) is 0 Å². The van der Waals surface area contributed by atoms with Gasteiger partial charge in [0.15, 0.2) is 0 Å². The molecule has 2 aromatic carbocycles. The van der Waals surface area contributed by atoms with Crippen LogP contribution in [0.3, 0.4) is 0 Å². The van der Waals surface area contributed by atoms with Gasteiger partial charge >= 0.3 is 6.18 Å². The predicted molar refractivity (Wildman–Crippen MR) is 165 cm³/mol. The van der Waals surface area contributed by atoms with Crippen molar-refractivity contribution in [2.75, 3.05) is 68.0 Å². The molecule has 0 unspecified atom stereocenters. The highest BCUT2D eigenvalue weighted by Crippen LogP contribution is 2.37. The maximum absolute atomic E-state index is 15.8. The summed E-state index contributed by atoms with van der Waals surface area (Å²) in [5, 5.41) is 2.56. The number of anilines is 3. The minimum absolute atomic E-state index is 0.0563. The maximum atomic E-state index is 15.8. The van der Waals surface area contributed by atoms with Crippen molar-refractivity contribution in [1.82, 2.24) is 19.8 Å². The van der Waals surface area contributed by atoms with E-state index >= 15 is 4.39 Å². The van der Waals surface area contributed by atoms with Crippen molar-refractivity contribution in [2.45, 2.75) is 45.5 Å². The van der Waals surface area contributed by atoms with E-state index in [1.165, 1.54) is 24.5 Å². The Labute approximate surface area is 259 Å². The van der Waals surface area contributed by atoms with Gasteiger partial charge in [0.2, 0.25) is 5.95 Å². The fourth-order valence-electron chi connectivity index (χ4n) is 5.75. The second-order valence-electron chi connectivity index (χ2n) is 12.7. The van der Waals surface area contributed by atoms with Crippen LogP contribution in [0.2, 0.25) is 0 Å². The second-order valence-corrected chi connectivity index (χ2v) is 12.7. The second kappa shape index (κ2) is 12.5. The van der Waals surface area contributed by atoms with Gasteiger partial charge in [-0.15, -0.1) is 0 Å². The average Bonchev–Trinajstić information content (AvgIpc) is 2.98. The Morgan fingerprint density at radius 1 is 0.911 bits per heavy atom. The van der Waals surface area contributed by atoms with Crippen LogP contribution < -0.4 is 15.1 Å². The van der Waals surface area contributed by atoms with Gasteiger partial charge in [0.05, 0.1) is 22.5 Å². The van der Waals surface area contributed by atoms with E-state index in [0.29, 0.717) is 36.8 Å². The normalized spacial score (nSPS) is 18.8. The number of nitrogens with one attached hydrogen (secondary N) is 1. The van der Waals surface area contributed by atoms with E-state index in [1.54, 1.807) is 0 Å². The third-order valence-corrected chi connectivity index (χ3v) is 8.63. The summed E-state index contributed by atoms with van der Waals surface area (Å²) in [7, 11) is 1.97. The van der Waals surface area contributed by atoms with Crippen LogP contribution >= 0.6 is 0 Å². The maximum Gasteiger partial charge on any atom is 0.417 e. The number of carbonyl (C=O) groups excluding carboxylic acids is 1. The highest BCUT2D eigenvalue weighted by molar-refractivity contribution is 6.07. The van der Waals surface area contributed by atoms with E-state index in [1.807, 2.05) is 18.9 Å². The zero-order valence-electron chi connectivity index (χ0n) is 26.0. The molecule has 2 aliphatic rings. The Morgan fingerprint density at radius 2 is 1.56 bits per heavy atom. The van der Waals surface area contributed by atoms with Crippen molar-refractivity contribution in [3.8, 4) is 11.1 Å². The zero-order valence-corrected chi connectivity index (χ0v) is 26.0. The number of amides is 1. The third kappa shape index (κ3) is 7.19. The standard InChI is InChI=1S/C32H38F5N7O/c1-20-19-43(9-8-41(20)5)28-16-26(34)24(15-27(28)40-29(45)23-7-6-22(33)14-25(23)32(35,36)37)21-17-38-30(39-18-21)42-10-12-44(13-11-42)31(2,3)4/h6-7,14-18,20H,8-13,19H2,1-5H3,(H,40,45)/t20-/m1/s1. The highest BCUT2D eigenvalue weighted by atomic mass is 19.4. The van der Waals surface area contributed by atoms with Crippen molar-refractivity contribution < 1.29 is 26.7 Å². The van der Waals surface area contributed by atoms with E-state index in [2.05, 4.69) is 50.8 Å². The molecule has 5 rings (SSSR count). The van der Waals surface area contributed by atoms with E-state index in [-0.39, 0.29) is 28.9 Å². The summed E-state index contributed by atoms with van der Waals surface area (Å²) >= 11 is 0. The quantitative estimate of drug-likeness (QED) is 0.360. The van der Waals surface area contributed by atoms with E-state index in [0.717, 1.165) is 38.3 Å². The molecule has 1 amide bonds. The molecule has 0 spiro atoms. The number of rotatable bonds is 5. The van der Waals surface area contributed by atoms with Gasteiger partial charge in [0.1, 0.15) is 11.6 Å². The van der Waals surface area contributed by atoms with Gasteiger partial charge in [-0.05, 0) is 65.1 Å². The molecule has 45 heavy (non-hydrogen) atoms. The van der Waals surface area contributed by atoms with Gasteiger partial charge in [0, 0.05) is 80.9 Å². The fraction of sp³-hybridized carbons (Fsp3) is 0.469. The van der Waals surface area contributed by atoms with Crippen LogP contribution in [0, 0.1) is 11.6 Å². The molecule has 0 bridgehead atoms. The number of aromatic nitrogens is 2. The van der Waals surface area contributed by atoms with Crippen LogP contribution in [0.1, 0.15) is 43.6 Å². The largest absolute Gasteiger partial charge is 0.417 e. The van der Waals surface area contributed by atoms with Gasteiger partial charge in [0.25, 0.3) is 5.91 Å². The monoisotopic (exact) mass is 631 g/mol. The molecule has 1 atom stereocenters. The Morgan fingerprint density at radius 3 is 2.16 bits per heavy atom. The molecule has 1 aromatic heterocycles. The molecular weight excluding hydrogens is 593 g/mol. The first-order chi connectivity index (χ1) is 21.1. The van der Waals surface area contributed by atoms with E-state index < -0.39 is 34.8 Å². The van der Waals surface area contributed by atoms with Crippen LogP contribution in [0.5, 0.6) is 0 Å². The molecule has 0 saturated carbocycles. The first-order valence-electron chi connectivity index (χ1n) is 14.9. The Hall–Kier alpha value is -3.84. The van der Waals surface area contributed by atoms with Crippen LogP contribution in [0.25, 0.3) is 11.1 Å². The van der Waals surface area contributed by atoms with Crippen LogP contribution in [-0.4, -0.2) is 90.1 Å². The van der Waals surface area contributed by atoms with Crippen LogP contribution in [0.4, 0.5) is 39.3 Å². The van der Waals surface area contributed by atoms with Crippen molar-refractivity contribution in [2.24, 2.45) is 0 Å². The summed E-state index contributed by atoms with van der Waals surface area (Å²) in [6, 6.07) is 4.65. The number of piperazine rings is 2. The molecule has 2 fully saturated rings. The lowest BCUT2D eigenvalue weighted by molar-refractivity contribution is -0.138. The Bertz CT molecular complexity index is 1530. The molecule has 242 valence electrons. The van der Waals surface area contributed by atoms with Crippen molar-refractivity contribution >= 4 is 23.2 Å². The highest BCUT2D eigenvalue weighted by Gasteiger charge is 2.36. The molecule has 3 aromatic rings. The van der Waals surface area contributed by atoms with Gasteiger partial charge in [-0.1, -0.05) is 0 Å². The minimum atomic E-state index is -4.96. The summed E-state index contributed by atoms with van der Waals surface area (Å²) in [5.74, 6) is -2.29. The first kappa shape index (κ1) is 32.6. The molecule has 3 heterocycles. The molecule has 0 radical (unpaired) electrons. The number of benzene rings is 2. The molecule has 2 aliphatic heterocycles. The number of carbonyl (C=O) groups is 1. The third-order valence-electron chi connectivity index (χ3n) is 8.63. The lowest BCUT2D eigenvalue weighted by atomic mass is 10.0. The van der Waals surface area contributed by atoms with Crippen LogP contribution in [-0.2, 0) is 6.18 Å². The summed E-state index contributed by atoms with van der Waals surface area (Å²) in [6.07, 6.45) is -1.96. The number of nitrogens with zero attached hydrogens (tertiary/aromatic N) is 6. The van der Waals surface area contributed by atoms with Gasteiger partial charge in [-0.2, -0.15) is 13.2 Å². The Kier molecular flexibility index (Phi) is 9.05. The zero-order chi connectivity index (χ0) is 32.7. The van der Waals surface area contributed by atoms with Gasteiger partial charge in [-0.3, -0.25) is 9.69 Å². The SMILES string of the molecule is C[C@@H]1CN(c2cc(F)c(-c3cnc(N4CCN(C(C)(C)C)CC4)nc3)cc2NC(=O)c2ccc(F)cc2C(F)(F)F)CCN1C. The van der Waals surface area contributed by atoms with Crippen LogP contribution in [0.15, 0.2) is 42.7 Å². The predicted octanol–water partition coefficient (Wildman–Crippen LogP) is 5.75. The first-order valence-corrected chi connectivity index (χ1v) is 14.9. The lowest BCUT2D eigenvalue weighted by Crippen LogP contribution is -2.53. The number of likely N-dealkylation sites (N-methyl/N-ethyl adjacent to an activating group) is 1. The summed E-state index contributed by atoms with van der Waals surface area (Å²) in [5.41, 5.74) is -1.22. The van der Waals surface area contributed by atoms with E-state index in [9.17, 15) is 22.4 Å². The Balaban J connectivity index is 1.47. The van der Waals surface area contributed by atoms with Crippen molar-refractivity contribution in [3.05, 3.63) is 65.5 Å². The molecular formula is C32H38F5N7O. The molecule has 2 saturated heterocycles. The number of hydrogen-bond acceptors (Lipinski definition) is 7. The number of hydrogen-bond donors (Lipinski definition) is 1. The van der Waals surface area contributed by atoms with Gasteiger partial charge < -0.3 is 20.0 Å². The molecule has 0 aliphatic carbocycles. The summed E-state index contributed by atoms with van der Waals surface area (Å²) < 4.78 is 70.7. The van der Waals surface area contributed by atoms with Crippen molar-refractivity contribution in [3.63, 3.8) is 0 Å². The lowest BCUT2D eigenvalue weighted by Gasteiger charge is -2.42. The average molecular weight is 632 g/mol. The van der Waals surface area contributed by atoms with Gasteiger partial charge in [-0.25, -0.2) is 18.7 Å². The smallest absolute Gasteiger partial charge is 0.367 e. The fourth-order valence-corrected chi connectivity index (χ4v) is 5.75. The molecule has 8 nitrogen and oxygen atoms in total.